The van der Waals surface area contributed by atoms with E-state index in [1.54, 1.807) is 12.4 Å². The number of H-pyrrole nitrogens is 1. The van der Waals surface area contributed by atoms with Crippen LogP contribution in [0.15, 0.2) is 36.7 Å². The van der Waals surface area contributed by atoms with Gasteiger partial charge in [0.05, 0.1) is 5.56 Å². The summed E-state index contributed by atoms with van der Waals surface area (Å²) in [5.74, 6) is -0.438. The van der Waals surface area contributed by atoms with Crippen molar-refractivity contribution < 1.29 is 9.90 Å². The lowest BCUT2D eigenvalue weighted by molar-refractivity contribution is 0.0948. The lowest BCUT2D eigenvalue weighted by Crippen LogP contribution is -2.22. The predicted molar refractivity (Wildman–Crippen MR) is 65.1 cm³/mol. The molecule has 1 aromatic heterocycles. The topological polar surface area (TPSA) is 65.1 Å². The Morgan fingerprint density at radius 2 is 2.24 bits per heavy atom. The van der Waals surface area contributed by atoms with Gasteiger partial charge >= 0.3 is 0 Å². The molecule has 17 heavy (non-hydrogen) atoms. The fraction of sp³-hybridized carbons (Fsp3) is 0.0833. The van der Waals surface area contributed by atoms with Crippen LogP contribution >= 0.6 is 11.6 Å². The molecule has 1 aromatic carbocycles. The van der Waals surface area contributed by atoms with Crippen LogP contribution in [0.1, 0.15) is 15.9 Å². The van der Waals surface area contributed by atoms with Gasteiger partial charge in [0.15, 0.2) is 0 Å². The zero-order chi connectivity index (χ0) is 12.3. The first kappa shape index (κ1) is 11.5. The predicted octanol–water partition coefficient (Wildman–Crippen LogP) is 2.30. The van der Waals surface area contributed by atoms with Crippen molar-refractivity contribution in [1.29, 1.82) is 0 Å². The normalized spacial score (nSPS) is 10.2. The summed E-state index contributed by atoms with van der Waals surface area (Å²) in [7, 11) is 0. The van der Waals surface area contributed by atoms with Crippen LogP contribution in [-0.2, 0) is 6.54 Å². The van der Waals surface area contributed by atoms with Gasteiger partial charge in [-0.25, -0.2) is 0 Å². The summed E-state index contributed by atoms with van der Waals surface area (Å²) >= 11 is 5.76. The Morgan fingerprint density at radius 3 is 2.94 bits per heavy atom. The Hall–Kier alpha value is -1.94. The molecule has 5 heteroatoms. The quantitative estimate of drug-likeness (QED) is 0.783. The number of amides is 1. The molecule has 0 radical (unpaired) electrons. The van der Waals surface area contributed by atoms with Crippen molar-refractivity contribution in [2.24, 2.45) is 0 Å². The van der Waals surface area contributed by atoms with E-state index in [4.69, 9.17) is 11.6 Å². The van der Waals surface area contributed by atoms with Crippen LogP contribution < -0.4 is 5.32 Å². The van der Waals surface area contributed by atoms with E-state index < -0.39 is 0 Å². The van der Waals surface area contributed by atoms with Gasteiger partial charge in [-0.2, -0.15) is 0 Å². The minimum atomic E-state index is -0.355. The van der Waals surface area contributed by atoms with Gasteiger partial charge in [0.25, 0.3) is 5.91 Å². The molecule has 0 saturated carbocycles. The molecule has 1 heterocycles. The molecule has 0 fully saturated rings. The Labute approximate surface area is 103 Å². The highest BCUT2D eigenvalue weighted by Gasteiger charge is 2.11. The maximum atomic E-state index is 11.8. The largest absolute Gasteiger partial charge is 0.507 e. The second-order valence-corrected chi connectivity index (χ2v) is 4.00. The first-order valence-electron chi connectivity index (χ1n) is 5.05. The molecule has 2 rings (SSSR count). The molecule has 0 saturated heterocycles. The number of carbonyl (C=O) groups is 1. The zero-order valence-corrected chi connectivity index (χ0v) is 9.66. The van der Waals surface area contributed by atoms with Crippen molar-refractivity contribution >= 4 is 17.5 Å². The zero-order valence-electron chi connectivity index (χ0n) is 8.90. The first-order chi connectivity index (χ1) is 8.16. The van der Waals surface area contributed by atoms with E-state index in [-0.39, 0.29) is 17.2 Å². The third-order valence-corrected chi connectivity index (χ3v) is 2.55. The van der Waals surface area contributed by atoms with E-state index in [0.29, 0.717) is 11.6 Å². The third-order valence-electron chi connectivity index (χ3n) is 2.32. The molecular formula is C12H11ClN2O2. The molecule has 0 atom stereocenters. The van der Waals surface area contributed by atoms with Crippen LogP contribution in [0, 0.1) is 0 Å². The second kappa shape index (κ2) is 4.93. The van der Waals surface area contributed by atoms with Crippen LogP contribution in [0.3, 0.4) is 0 Å². The van der Waals surface area contributed by atoms with Gasteiger partial charge in [-0.15, -0.1) is 0 Å². The summed E-state index contributed by atoms with van der Waals surface area (Å²) in [5.41, 5.74) is 1.13. The second-order valence-electron chi connectivity index (χ2n) is 3.56. The number of aromatic nitrogens is 1. The summed E-state index contributed by atoms with van der Waals surface area (Å²) in [6, 6.07) is 6.22. The van der Waals surface area contributed by atoms with Gasteiger partial charge < -0.3 is 15.4 Å². The number of halogens is 1. The maximum Gasteiger partial charge on any atom is 0.255 e. The smallest absolute Gasteiger partial charge is 0.255 e. The van der Waals surface area contributed by atoms with Gasteiger partial charge in [0.2, 0.25) is 0 Å². The van der Waals surface area contributed by atoms with Crippen molar-refractivity contribution in [3.8, 4) is 5.75 Å². The molecule has 4 nitrogen and oxygen atoms in total. The lowest BCUT2D eigenvalue weighted by atomic mass is 10.2. The molecule has 0 aliphatic carbocycles. The Morgan fingerprint density at radius 1 is 1.41 bits per heavy atom. The van der Waals surface area contributed by atoms with E-state index >= 15 is 0 Å². The third kappa shape index (κ3) is 2.79. The standard InChI is InChI=1S/C12H11ClN2O2/c13-9-1-2-11(16)10(5-9)12(17)15-7-8-3-4-14-6-8/h1-6,14,16H,7H2,(H,15,17). The molecule has 0 bridgehead atoms. The van der Waals surface area contributed by atoms with Crippen LogP contribution in [-0.4, -0.2) is 16.0 Å². The minimum Gasteiger partial charge on any atom is -0.507 e. The Balaban J connectivity index is 2.07. The number of carbonyl (C=O) groups excluding carboxylic acids is 1. The average Bonchev–Trinajstić information content (AvgIpc) is 2.82. The van der Waals surface area contributed by atoms with Crippen LogP contribution in [0.2, 0.25) is 5.02 Å². The van der Waals surface area contributed by atoms with Crippen molar-refractivity contribution in [1.82, 2.24) is 10.3 Å². The number of hydrogen-bond donors (Lipinski definition) is 3. The summed E-state index contributed by atoms with van der Waals surface area (Å²) in [6.07, 6.45) is 3.57. The average molecular weight is 251 g/mol. The molecule has 2 aromatic rings. The maximum absolute atomic E-state index is 11.8. The number of aromatic amines is 1. The van der Waals surface area contributed by atoms with Crippen LogP contribution in [0.5, 0.6) is 5.75 Å². The molecule has 1 amide bonds. The monoisotopic (exact) mass is 250 g/mol. The number of nitrogens with one attached hydrogen (secondary N) is 2. The number of phenolic OH excluding ortho intramolecular Hbond substituents is 1. The Kier molecular flexibility index (Phi) is 3.35. The molecule has 0 aliphatic heterocycles. The number of phenols is 1. The molecule has 0 spiro atoms. The van der Waals surface area contributed by atoms with E-state index in [1.807, 2.05) is 6.07 Å². The van der Waals surface area contributed by atoms with Crippen molar-refractivity contribution in [3.05, 3.63) is 52.8 Å². The SMILES string of the molecule is O=C(NCc1cc[nH]c1)c1cc(Cl)ccc1O. The molecule has 0 aliphatic rings. The van der Waals surface area contributed by atoms with Crippen molar-refractivity contribution in [2.45, 2.75) is 6.54 Å². The molecule has 3 N–H and O–H groups in total. The van der Waals surface area contributed by atoms with Gasteiger partial charge in [-0.05, 0) is 29.8 Å². The van der Waals surface area contributed by atoms with Gasteiger partial charge in [0.1, 0.15) is 5.75 Å². The number of aromatic hydroxyl groups is 1. The summed E-state index contributed by atoms with van der Waals surface area (Å²) in [4.78, 5) is 14.7. The lowest BCUT2D eigenvalue weighted by Gasteiger charge is -2.06. The highest BCUT2D eigenvalue weighted by molar-refractivity contribution is 6.31. The fourth-order valence-electron chi connectivity index (χ4n) is 1.44. The summed E-state index contributed by atoms with van der Waals surface area (Å²) < 4.78 is 0. The highest BCUT2D eigenvalue weighted by Crippen LogP contribution is 2.21. The minimum absolute atomic E-state index is 0.0824. The molecular weight excluding hydrogens is 240 g/mol. The van der Waals surface area contributed by atoms with Crippen molar-refractivity contribution in [3.63, 3.8) is 0 Å². The van der Waals surface area contributed by atoms with Gasteiger partial charge in [-0.1, -0.05) is 11.6 Å². The molecule has 88 valence electrons. The fourth-order valence-corrected chi connectivity index (χ4v) is 1.61. The van der Waals surface area contributed by atoms with Crippen LogP contribution in [0.25, 0.3) is 0 Å². The Bertz CT molecular complexity index is 523. The van der Waals surface area contributed by atoms with E-state index in [9.17, 15) is 9.90 Å². The highest BCUT2D eigenvalue weighted by atomic mass is 35.5. The summed E-state index contributed by atoms with van der Waals surface area (Å²) in [6.45, 7) is 0.397. The number of benzene rings is 1. The van der Waals surface area contributed by atoms with E-state index in [1.165, 1.54) is 18.2 Å². The van der Waals surface area contributed by atoms with Gasteiger partial charge in [0, 0.05) is 24.0 Å². The van der Waals surface area contributed by atoms with Gasteiger partial charge in [-0.3, -0.25) is 4.79 Å². The number of hydrogen-bond acceptors (Lipinski definition) is 2. The van der Waals surface area contributed by atoms with E-state index in [2.05, 4.69) is 10.3 Å². The van der Waals surface area contributed by atoms with Crippen molar-refractivity contribution in [2.75, 3.05) is 0 Å². The van der Waals surface area contributed by atoms with E-state index in [0.717, 1.165) is 5.56 Å². The first-order valence-corrected chi connectivity index (χ1v) is 5.43. The molecule has 0 unspecified atom stereocenters. The summed E-state index contributed by atoms with van der Waals surface area (Å²) in [5, 5.41) is 12.6. The number of rotatable bonds is 3. The van der Waals surface area contributed by atoms with Crippen LogP contribution in [0.4, 0.5) is 0 Å².